The van der Waals surface area contributed by atoms with E-state index in [1.165, 1.54) is 6.92 Å². The fraction of sp³-hybridized carbons (Fsp3) is 0.750. The fourth-order valence-electron chi connectivity index (χ4n) is 1.07. The molecule has 0 heterocycles. The summed E-state index contributed by atoms with van der Waals surface area (Å²) in [4.78, 5) is 20.9. The van der Waals surface area contributed by atoms with E-state index in [4.69, 9.17) is 5.11 Å². The molecule has 0 bridgehead atoms. The number of aliphatic carboxylic acids is 1. The van der Waals surface area contributed by atoms with Crippen molar-refractivity contribution in [1.82, 2.24) is 5.32 Å². The minimum Gasteiger partial charge on any atom is -0.481 e. The van der Waals surface area contributed by atoms with Crippen molar-refractivity contribution in [3.8, 4) is 0 Å². The van der Waals surface area contributed by atoms with E-state index >= 15 is 0 Å². The summed E-state index contributed by atoms with van der Waals surface area (Å²) in [6, 6.07) is -0.218. The highest BCUT2D eigenvalue weighted by Crippen LogP contribution is 2.01. The molecule has 0 aromatic rings. The van der Waals surface area contributed by atoms with Gasteiger partial charge >= 0.3 is 5.97 Å². The largest absolute Gasteiger partial charge is 0.481 e. The lowest BCUT2D eigenvalue weighted by atomic mass is 10.1. The van der Waals surface area contributed by atoms with Gasteiger partial charge in [-0.2, -0.15) is 0 Å². The predicted molar refractivity (Wildman–Crippen MR) is 44.8 cm³/mol. The summed E-state index contributed by atoms with van der Waals surface area (Å²) in [5, 5.41) is 11.1. The van der Waals surface area contributed by atoms with E-state index in [9.17, 15) is 9.59 Å². The first-order valence-electron chi connectivity index (χ1n) is 4.05. The van der Waals surface area contributed by atoms with Gasteiger partial charge < -0.3 is 10.4 Å². The lowest BCUT2D eigenvalue weighted by Gasteiger charge is -2.13. The van der Waals surface area contributed by atoms with E-state index in [1.54, 1.807) is 0 Å². The number of amides is 1. The molecule has 0 saturated carbocycles. The molecule has 0 aromatic carbocycles. The number of carboxylic acid groups (broad SMARTS) is 1. The average Bonchev–Trinajstić information content (AvgIpc) is 1.84. The molecule has 0 saturated heterocycles. The molecule has 0 aliphatic carbocycles. The average molecular weight is 173 g/mol. The van der Waals surface area contributed by atoms with Crippen LogP contribution in [0.3, 0.4) is 0 Å². The van der Waals surface area contributed by atoms with E-state index in [0.29, 0.717) is 6.42 Å². The van der Waals surface area contributed by atoms with E-state index in [1.807, 2.05) is 6.92 Å². The van der Waals surface area contributed by atoms with Gasteiger partial charge in [0.1, 0.15) is 0 Å². The lowest BCUT2D eigenvalue weighted by molar-refractivity contribution is -0.137. The Labute approximate surface area is 72.0 Å². The Hall–Kier alpha value is -1.06. The van der Waals surface area contributed by atoms with Gasteiger partial charge in [0.15, 0.2) is 0 Å². The van der Waals surface area contributed by atoms with Crippen LogP contribution >= 0.6 is 0 Å². The van der Waals surface area contributed by atoms with E-state index in [0.717, 1.165) is 6.42 Å². The highest BCUT2D eigenvalue weighted by molar-refractivity contribution is 5.74. The Morgan fingerprint density at radius 3 is 2.42 bits per heavy atom. The van der Waals surface area contributed by atoms with Crippen LogP contribution < -0.4 is 5.32 Å². The van der Waals surface area contributed by atoms with Crippen molar-refractivity contribution in [3.05, 3.63) is 0 Å². The normalized spacial score (nSPS) is 12.2. The maximum atomic E-state index is 10.6. The zero-order chi connectivity index (χ0) is 9.56. The number of hydrogen-bond acceptors (Lipinski definition) is 2. The van der Waals surface area contributed by atoms with Gasteiger partial charge in [0.05, 0.1) is 6.42 Å². The Kier molecular flexibility index (Phi) is 5.08. The van der Waals surface area contributed by atoms with Crippen LogP contribution in [0, 0.1) is 0 Å². The minimum absolute atomic E-state index is 0.00736. The Balaban J connectivity index is 3.85. The molecule has 4 heteroatoms. The van der Waals surface area contributed by atoms with Gasteiger partial charge in [0.25, 0.3) is 0 Å². The van der Waals surface area contributed by atoms with E-state index < -0.39 is 5.97 Å². The highest BCUT2D eigenvalue weighted by Gasteiger charge is 2.12. The van der Waals surface area contributed by atoms with Crippen molar-refractivity contribution in [1.29, 1.82) is 0 Å². The standard InChI is InChI=1S/C8H15NO3/c1-3-4-7(5-8(11)12)9-6(2)10/h7H,3-5H2,1-2H3,(H,9,10)(H,11,12). The molecule has 12 heavy (non-hydrogen) atoms. The Morgan fingerprint density at radius 2 is 2.08 bits per heavy atom. The molecule has 0 spiro atoms. The van der Waals surface area contributed by atoms with Gasteiger partial charge in [-0.15, -0.1) is 0 Å². The molecule has 2 N–H and O–H groups in total. The zero-order valence-corrected chi connectivity index (χ0v) is 7.46. The maximum absolute atomic E-state index is 10.6. The molecule has 0 rings (SSSR count). The van der Waals surface area contributed by atoms with Crippen LogP contribution in [-0.2, 0) is 9.59 Å². The Bertz CT molecular complexity index is 152. The molecule has 0 radical (unpaired) electrons. The second-order valence-electron chi connectivity index (χ2n) is 2.78. The van der Waals surface area contributed by atoms with Crippen molar-refractivity contribution in [2.45, 2.75) is 39.2 Å². The van der Waals surface area contributed by atoms with Crippen LogP contribution in [0.4, 0.5) is 0 Å². The highest BCUT2D eigenvalue weighted by atomic mass is 16.4. The van der Waals surface area contributed by atoms with Crippen molar-refractivity contribution >= 4 is 11.9 Å². The summed E-state index contributed by atoms with van der Waals surface area (Å²) >= 11 is 0. The summed E-state index contributed by atoms with van der Waals surface area (Å²) in [5.41, 5.74) is 0. The molecular formula is C8H15NO3. The molecule has 0 fully saturated rings. The first-order valence-corrected chi connectivity index (χ1v) is 4.05. The molecule has 4 nitrogen and oxygen atoms in total. The zero-order valence-electron chi connectivity index (χ0n) is 7.46. The van der Waals surface area contributed by atoms with Crippen LogP contribution in [0.15, 0.2) is 0 Å². The second kappa shape index (κ2) is 5.57. The van der Waals surface area contributed by atoms with Crippen LogP contribution in [0.1, 0.15) is 33.1 Å². The third-order valence-electron chi connectivity index (χ3n) is 1.47. The Morgan fingerprint density at radius 1 is 1.50 bits per heavy atom. The van der Waals surface area contributed by atoms with Gasteiger partial charge in [0, 0.05) is 13.0 Å². The maximum Gasteiger partial charge on any atom is 0.305 e. The quantitative estimate of drug-likeness (QED) is 0.645. The van der Waals surface area contributed by atoms with Crippen molar-refractivity contribution in [2.75, 3.05) is 0 Å². The molecule has 1 atom stereocenters. The predicted octanol–water partition coefficient (Wildman–Crippen LogP) is 0.766. The third-order valence-corrected chi connectivity index (χ3v) is 1.47. The van der Waals surface area contributed by atoms with Crippen molar-refractivity contribution < 1.29 is 14.7 Å². The molecule has 0 aromatic heterocycles. The summed E-state index contributed by atoms with van der Waals surface area (Å²) in [6.45, 7) is 3.35. The van der Waals surface area contributed by atoms with Crippen molar-refractivity contribution in [2.24, 2.45) is 0 Å². The van der Waals surface area contributed by atoms with Gasteiger partial charge in [-0.25, -0.2) is 0 Å². The van der Waals surface area contributed by atoms with Gasteiger partial charge in [-0.3, -0.25) is 9.59 Å². The monoisotopic (exact) mass is 173 g/mol. The first kappa shape index (κ1) is 10.9. The first-order chi connectivity index (χ1) is 5.56. The molecular weight excluding hydrogens is 158 g/mol. The van der Waals surface area contributed by atoms with Crippen LogP contribution in [0.2, 0.25) is 0 Å². The number of carbonyl (C=O) groups excluding carboxylic acids is 1. The number of nitrogens with one attached hydrogen (secondary N) is 1. The molecule has 0 aliphatic heterocycles. The van der Waals surface area contributed by atoms with Crippen LogP contribution in [0.5, 0.6) is 0 Å². The smallest absolute Gasteiger partial charge is 0.305 e. The van der Waals surface area contributed by atoms with Gasteiger partial charge in [-0.05, 0) is 6.42 Å². The SMILES string of the molecule is CCCC(CC(=O)O)NC(C)=O. The topological polar surface area (TPSA) is 66.4 Å². The van der Waals surface area contributed by atoms with E-state index in [2.05, 4.69) is 5.32 Å². The number of carbonyl (C=O) groups is 2. The van der Waals surface area contributed by atoms with Crippen molar-refractivity contribution in [3.63, 3.8) is 0 Å². The lowest BCUT2D eigenvalue weighted by Crippen LogP contribution is -2.34. The summed E-state index contributed by atoms with van der Waals surface area (Å²) in [7, 11) is 0. The molecule has 1 unspecified atom stereocenters. The van der Waals surface area contributed by atoms with Gasteiger partial charge in [0.2, 0.25) is 5.91 Å². The number of rotatable bonds is 5. The summed E-state index contributed by atoms with van der Waals surface area (Å²) in [6.07, 6.45) is 1.59. The minimum atomic E-state index is -0.873. The molecule has 70 valence electrons. The fourth-order valence-corrected chi connectivity index (χ4v) is 1.07. The van der Waals surface area contributed by atoms with Crippen LogP contribution in [0.25, 0.3) is 0 Å². The van der Waals surface area contributed by atoms with E-state index in [-0.39, 0.29) is 18.4 Å². The van der Waals surface area contributed by atoms with Gasteiger partial charge in [-0.1, -0.05) is 13.3 Å². The third kappa shape index (κ3) is 5.70. The summed E-state index contributed by atoms with van der Waals surface area (Å²) < 4.78 is 0. The summed E-state index contributed by atoms with van der Waals surface area (Å²) in [5.74, 6) is -1.04. The number of carboxylic acids is 1. The van der Waals surface area contributed by atoms with Crippen LogP contribution in [-0.4, -0.2) is 23.0 Å². The number of hydrogen-bond donors (Lipinski definition) is 2. The molecule has 1 amide bonds. The second-order valence-corrected chi connectivity index (χ2v) is 2.78. The molecule has 0 aliphatic rings.